The van der Waals surface area contributed by atoms with Crippen LogP contribution >= 0.6 is 0 Å². The number of benzene rings is 7. The van der Waals surface area contributed by atoms with Gasteiger partial charge in [0.15, 0.2) is 11.7 Å². The van der Waals surface area contributed by atoms with Crippen LogP contribution in [0.2, 0.25) is 0 Å². The zero-order valence-corrected chi connectivity index (χ0v) is 25.7. The maximum Gasteiger partial charge on any atom is 0.199 e. The highest BCUT2D eigenvalue weighted by molar-refractivity contribution is 6.30. The van der Waals surface area contributed by atoms with Crippen LogP contribution in [0, 0.1) is 0 Å². The van der Waals surface area contributed by atoms with E-state index in [1.807, 2.05) is 37.3 Å². The SMILES string of the molecule is C/C=C(/C1=NC(c2ccc3c(ccc4c5ccccc5ccc34)c2)=NC(c2ccc3ccccc3c2)N1)c1c(N)oc2ccccc12. The summed E-state index contributed by atoms with van der Waals surface area (Å²) in [6.07, 6.45) is 1.67. The molecule has 0 spiro atoms. The van der Waals surface area contributed by atoms with Crippen molar-refractivity contribution in [3.05, 3.63) is 156 Å². The van der Waals surface area contributed by atoms with E-state index in [1.54, 1.807) is 0 Å². The summed E-state index contributed by atoms with van der Waals surface area (Å²) < 4.78 is 5.98. The molecule has 224 valence electrons. The molecule has 0 bridgehead atoms. The van der Waals surface area contributed by atoms with Crippen molar-refractivity contribution in [2.45, 2.75) is 13.1 Å². The van der Waals surface area contributed by atoms with Gasteiger partial charge in [0.05, 0.1) is 5.56 Å². The quantitative estimate of drug-likeness (QED) is 0.196. The van der Waals surface area contributed by atoms with Crippen molar-refractivity contribution >= 4 is 77.2 Å². The molecule has 1 unspecified atom stereocenters. The van der Waals surface area contributed by atoms with Crippen molar-refractivity contribution in [2.24, 2.45) is 9.98 Å². The first kappa shape index (κ1) is 27.1. The Balaban J connectivity index is 1.21. The Hall–Kier alpha value is -6.20. The molecule has 0 saturated carbocycles. The molecule has 1 aliphatic rings. The molecule has 9 rings (SSSR count). The maximum atomic E-state index is 6.51. The Bertz CT molecular complexity index is 2640. The topological polar surface area (TPSA) is 75.9 Å². The fourth-order valence-electron chi connectivity index (χ4n) is 6.97. The number of nitrogen functional groups attached to an aromatic ring is 1. The summed E-state index contributed by atoms with van der Waals surface area (Å²) in [4.78, 5) is 10.4. The van der Waals surface area contributed by atoms with Crippen LogP contribution in [0.15, 0.2) is 154 Å². The molecule has 0 radical (unpaired) electrons. The van der Waals surface area contributed by atoms with Gasteiger partial charge in [0.25, 0.3) is 0 Å². The van der Waals surface area contributed by atoms with E-state index < -0.39 is 0 Å². The number of furan rings is 1. The Kier molecular flexibility index (Phi) is 6.18. The van der Waals surface area contributed by atoms with Gasteiger partial charge < -0.3 is 15.5 Å². The van der Waals surface area contributed by atoms with Crippen molar-refractivity contribution < 1.29 is 4.42 Å². The standard InChI is InChI=1S/C42H30N4O/c1-2-31(38-36-13-7-8-14-37(36)47-39(38)43)42-45-40(29-16-15-25-9-3-4-11-27(25)23-29)44-41(46-42)30-19-20-33-28(24-30)18-22-34-32-12-6-5-10-26(32)17-21-35(33)34/h2-24,40H,43H2,1H3,(H,44,45,46)/b31-2+. The summed E-state index contributed by atoms with van der Waals surface area (Å²) in [5, 5.41) is 14.3. The number of nitrogens with zero attached hydrogens (tertiary/aromatic N) is 2. The minimum Gasteiger partial charge on any atom is -0.440 e. The van der Waals surface area contributed by atoms with Crippen LogP contribution in [0.4, 0.5) is 5.88 Å². The first-order valence-corrected chi connectivity index (χ1v) is 15.8. The van der Waals surface area contributed by atoms with Crippen molar-refractivity contribution in [3.8, 4) is 0 Å². The molecule has 0 aliphatic carbocycles. The predicted molar refractivity (Wildman–Crippen MR) is 197 cm³/mol. The average Bonchev–Trinajstić information content (AvgIpc) is 3.46. The lowest BCUT2D eigenvalue weighted by molar-refractivity contribution is 0.636. The lowest BCUT2D eigenvalue weighted by Crippen LogP contribution is -2.33. The number of aliphatic imine (C=N–C) groups is 2. The summed E-state index contributed by atoms with van der Waals surface area (Å²) in [6.45, 7) is 2.00. The fraction of sp³-hybridized carbons (Fsp3) is 0.0476. The van der Waals surface area contributed by atoms with Crippen molar-refractivity contribution in [2.75, 3.05) is 5.73 Å². The number of fused-ring (bicyclic) bond motifs is 7. The van der Waals surface area contributed by atoms with E-state index in [4.69, 9.17) is 20.1 Å². The van der Waals surface area contributed by atoms with Crippen LogP contribution in [0.1, 0.15) is 29.8 Å². The smallest absolute Gasteiger partial charge is 0.199 e. The minimum atomic E-state index is -0.366. The van der Waals surface area contributed by atoms with E-state index in [-0.39, 0.29) is 6.17 Å². The predicted octanol–water partition coefficient (Wildman–Crippen LogP) is 10.2. The van der Waals surface area contributed by atoms with Crippen LogP contribution < -0.4 is 11.1 Å². The van der Waals surface area contributed by atoms with Crippen molar-refractivity contribution in [1.82, 2.24) is 5.32 Å². The second kappa shape index (κ2) is 10.7. The fourth-order valence-corrected chi connectivity index (χ4v) is 6.97. The van der Waals surface area contributed by atoms with Crippen LogP contribution in [0.25, 0.3) is 59.6 Å². The average molecular weight is 607 g/mol. The molecule has 0 saturated heterocycles. The number of amidine groups is 2. The molecule has 1 atom stereocenters. The van der Waals surface area contributed by atoms with Gasteiger partial charge >= 0.3 is 0 Å². The molecule has 1 aromatic heterocycles. The van der Waals surface area contributed by atoms with Gasteiger partial charge in [-0.25, -0.2) is 9.98 Å². The third-order valence-corrected chi connectivity index (χ3v) is 9.27. The van der Waals surface area contributed by atoms with Crippen LogP contribution in [0.5, 0.6) is 0 Å². The summed E-state index contributed by atoms with van der Waals surface area (Å²) >= 11 is 0. The maximum absolute atomic E-state index is 6.51. The lowest BCUT2D eigenvalue weighted by Gasteiger charge is -2.25. The van der Waals surface area contributed by atoms with Gasteiger partial charge in [-0.15, -0.1) is 0 Å². The molecule has 3 N–H and O–H groups in total. The van der Waals surface area contributed by atoms with Crippen molar-refractivity contribution in [1.29, 1.82) is 0 Å². The monoisotopic (exact) mass is 606 g/mol. The van der Waals surface area contributed by atoms with Gasteiger partial charge in [-0.05, 0) is 73.8 Å². The third-order valence-electron chi connectivity index (χ3n) is 9.27. The first-order valence-electron chi connectivity index (χ1n) is 15.8. The van der Waals surface area contributed by atoms with E-state index in [0.717, 1.165) is 44.0 Å². The first-order chi connectivity index (χ1) is 23.1. The van der Waals surface area contributed by atoms with Gasteiger partial charge in [0, 0.05) is 16.5 Å². The molecule has 2 heterocycles. The van der Waals surface area contributed by atoms with Gasteiger partial charge in [-0.2, -0.15) is 0 Å². The number of nitrogens with two attached hydrogens (primary N) is 1. The molecule has 7 aromatic carbocycles. The third kappa shape index (κ3) is 4.47. The normalized spacial score (nSPS) is 15.3. The number of hydrogen-bond donors (Lipinski definition) is 2. The highest BCUT2D eigenvalue weighted by Crippen LogP contribution is 2.36. The van der Waals surface area contributed by atoms with E-state index >= 15 is 0 Å². The molecule has 5 heteroatoms. The number of allylic oxidation sites excluding steroid dienone is 1. The summed E-state index contributed by atoms with van der Waals surface area (Å²) in [5.41, 5.74) is 10.9. The summed E-state index contributed by atoms with van der Waals surface area (Å²) in [6, 6.07) is 46.7. The molecule has 0 amide bonds. The number of rotatable bonds is 4. The zero-order chi connectivity index (χ0) is 31.5. The number of para-hydroxylation sites is 1. The van der Waals surface area contributed by atoms with Gasteiger partial charge in [-0.3, -0.25) is 0 Å². The molecule has 5 nitrogen and oxygen atoms in total. The highest BCUT2D eigenvalue weighted by atomic mass is 16.3. The van der Waals surface area contributed by atoms with Crippen LogP contribution in [-0.4, -0.2) is 11.7 Å². The zero-order valence-electron chi connectivity index (χ0n) is 25.7. The molecule has 8 aromatic rings. The minimum absolute atomic E-state index is 0.361. The second-order valence-corrected chi connectivity index (χ2v) is 12.0. The molecular weight excluding hydrogens is 576 g/mol. The lowest BCUT2D eigenvalue weighted by atomic mass is 9.96. The van der Waals surface area contributed by atoms with Crippen LogP contribution in [0.3, 0.4) is 0 Å². The molecule has 47 heavy (non-hydrogen) atoms. The van der Waals surface area contributed by atoms with E-state index in [9.17, 15) is 0 Å². The van der Waals surface area contributed by atoms with Gasteiger partial charge in [-0.1, -0.05) is 121 Å². The largest absolute Gasteiger partial charge is 0.440 e. The number of anilines is 1. The van der Waals surface area contributed by atoms with E-state index in [1.165, 1.54) is 32.3 Å². The second-order valence-electron chi connectivity index (χ2n) is 12.0. The van der Waals surface area contributed by atoms with E-state index in [0.29, 0.717) is 17.6 Å². The Labute approximate surface area is 271 Å². The Morgan fingerprint density at radius 2 is 1.32 bits per heavy atom. The molecular formula is C42H30N4O. The van der Waals surface area contributed by atoms with Gasteiger partial charge in [0.1, 0.15) is 17.6 Å². The van der Waals surface area contributed by atoms with Crippen molar-refractivity contribution in [3.63, 3.8) is 0 Å². The van der Waals surface area contributed by atoms with Crippen LogP contribution in [-0.2, 0) is 0 Å². The summed E-state index contributed by atoms with van der Waals surface area (Å²) in [7, 11) is 0. The van der Waals surface area contributed by atoms with E-state index in [2.05, 4.69) is 115 Å². The van der Waals surface area contributed by atoms with Gasteiger partial charge in [0.2, 0.25) is 0 Å². The molecule has 1 aliphatic heterocycles. The number of nitrogens with one attached hydrogen (secondary N) is 1. The Morgan fingerprint density at radius 1 is 0.660 bits per heavy atom. The highest BCUT2D eigenvalue weighted by Gasteiger charge is 2.26. The molecule has 0 fully saturated rings. The Morgan fingerprint density at radius 3 is 2.15 bits per heavy atom. The number of hydrogen-bond acceptors (Lipinski definition) is 5. The summed E-state index contributed by atoms with van der Waals surface area (Å²) in [5.74, 6) is 1.71.